The van der Waals surface area contributed by atoms with Gasteiger partial charge in [0.25, 0.3) is 0 Å². The first-order valence-corrected chi connectivity index (χ1v) is 4.73. The minimum Gasteiger partial charge on any atom is -0.411 e. The molecule has 0 aromatic carbocycles. The molecule has 0 aliphatic carbocycles. The predicted molar refractivity (Wildman–Crippen MR) is 44.0 cm³/mol. The molecule has 0 radical (unpaired) electrons. The summed E-state index contributed by atoms with van der Waals surface area (Å²) in [7, 11) is 0. The number of carbonyl (C=O) groups is 1. The van der Waals surface area contributed by atoms with Crippen molar-refractivity contribution in [3.05, 3.63) is 22.5 Å². The van der Waals surface area contributed by atoms with Gasteiger partial charge < -0.3 is 4.18 Å². The number of alkyl halides is 3. The summed E-state index contributed by atoms with van der Waals surface area (Å²) >= 11 is -1.50. The largest absolute Gasteiger partial charge is 0.416 e. The SMILES string of the molecule is CC(=O)O[SH]1C=CC(C(F)(F)F)=C1. The zero-order valence-electron chi connectivity index (χ0n) is 6.63. The molecule has 0 saturated carbocycles. The van der Waals surface area contributed by atoms with E-state index in [9.17, 15) is 18.0 Å². The van der Waals surface area contributed by atoms with Crippen LogP contribution in [0.3, 0.4) is 0 Å². The maximum atomic E-state index is 12.0. The van der Waals surface area contributed by atoms with Crippen molar-refractivity contribution in [2.75, 3.05) is 0 Å². The van der Waals surface area contributed by atoms with Crippen LogP contribution in [0.4, 0.5) is 13.2 Å². The molecule has 0 saturated heterocycles. The summed E-state index contributed by atoms with van der Waals surface area (Å²) < 4.78 is 40.7. The lowest BCUT2D eigenvalue weighted by atomic mass is 10.3. The van der Waals surface area contributed by atoms with E-state index in [1.807, 2.05) is 0 Å². The molecule has 0 spiro atoms. The van der Waals surface area contributed by atoms with E-state index in [1.54, 1.807) is 0 Å². The molecule has 1 heterocycles. The average molecular weight is 212 g/mol. The van der Waals surface area contributed by atoms with Gasteiger partial charge in [-0.2, -0.15) is 13.2 Å². The Kier molecular flexibility index (Phi) is 2.70. The lowest BCUT2D eigenvalue weighted by Gasteiger charge is -2.09. The molecular weight excluding hydrogens is 205 g/mol. The third kappa shape index (κ3) is 2.80. The molecule has 74 valence electrons. The van der Waals surface area contributed by atoms with Gasteiger partial charge in [-0.1, -0.05) is 11.2 Å². The number of rotatable bonds is 1. The first-order chi connectivity index (χ1) is 5.89. The Morgan fingerprint density at radius 3 is 2.54 bits per heavy atom. The minimum absolute atomic E-state index is 0.574. The maximum Gasteiger partial charge on any atom is 0.416 e. The second kappa shape index (κ2) is 3.45. The van der Waals surface area contributed by atoms with Crippen molar-refractivity contribution in [3.63, 3.8) is 0 Å². The van der Waals surface area contributed by atoms with Crippen LogP contribution in [0, 0.1) is 0 Å². The average Bonchev–Trinajstić information content (AvgIpc) is 2.32. The lowest BCUT2D eigenvalue weighted by molar-refractivity contribution is -0.130. The van der Waals surface area contributed by atoms with Gasteiger partial charge in [0.1, 0.15) is 0 Å². The maximum absolute atomic E-state index is 12.0. The molecule has 0 fully saturated rings. The molecule has 2 nitrogen and oxygen atoms in total. The van der Waals surface area contributed by atoms with Gasteiger partial charge in [-0.15, -0.1) is 0 Å². The van der Waals surface area contributed by atoms with Crippen molar-refractivity contribution in [3.8, 4) is 0 Å². The van der Waals surface area contributed by atoms with Crippen molar-refractivity contribution >= 4 is 17.1 Å². The number of hydrogen-bond donors (Lipinski definition) is 1. The van der Waals surface area contributed by atoms with E-state index in [0.717, 1.165) is 18.4 Å². The quantitative estimate of drug-likeness (QED) is 0.675. The van der Waals surface area contributed by atoms with Crippen molar-refractivity contribution in [1.82, 2.24) is 0 Å². The molecule has 0 aromatic rings. The fourth-order valence-electron chi connectivity index (χ4n) is 0.750. The van der Waals surface area contributed by atoms with E-state index < -0.39 is 28.9 Å². The van der Waals surface area contributed by atoms with Crippen LogP contribution in [0.1, 0.15) is 6.92 Å². The van der Waals surface area contributed by atoms with Gasteiger partial charge >= 0.3 is 12.1 Å². The molecule has 1 atom stereocenters. The van der Waals surface area contributed by atoms with Crippen LogP contribution in [0.5, 0.6) is 0 Å². The summed E-state index contributed by atoms with van der Waals surface area (Å²) in [6.45, 7) is 1.16. The fraction of sp³-hybridized carbons (Fsp3) is 0.286. The van der Waals surface area contributed by atoms with Crippen molar-refractivity contribution in [2.24, 2.45) is 0 Å². The number of allylic oxidation sites excluding steroid dienone is 2. The van der Waals surface area contributed by atoms with E-state index in [-0.39, 0.29) is 0 Å². The molecule has 1 aliphatic heterocycles. The van der Waals surface area contributed by atoms with Crippen LogP contribution in [-0.2, 0) is 8.98 Å². The minimum atomic E-state index is -4.35. The van der Waals surface area contributed by atoms with Crippen LogP contribution >= 0.6 is 11.2 Å². The summed E-state index contributed by atoms with van der Waals surface area (Å²) in [4.78, 5) is 10.4. The van der Waals surface area contributed by atoms with Crippen molar-refractivity contribution < 1.29 is 22.1 Å². The summed E-state index contributed by atoms with van der Waals surface area (Å²) in [6, 6.07) is 0. The van der Waals surface area contributed by atoms with Gasteiger partial charge in [0.05, 0.1) is 5.57 Å². The van der Waals surface area contributed by atoms with E-state index in [4.69, 9.17) is 0 Å². The Bertz CT molecular complexity index is 280. The van der Waals surface area contributed by atoms with E-state index in [1.165, 1.54) is 5.41 Å². The molecule has 13 heavy (non-hydrogen) atoms. The predicted octanol–water partition coefficient (Wildman–Crippen LogP) is 2.44. The molecule has 1 unspecified atom stereocenters. The zero-order valence-corrected chi connectivity index (χ0v) is 7.52. The molecule has 0 bridgehead atoms. The molecule has 0 aromatic heterocycles. The number of hydrogen-bond acceptors (Lipinski definition) is 2. The van der Waals surface area contributed by atoms with Gasteiger partial charge in [0, 0.05) is 12.3 Å². The number of carbonyl (C=O) groups excluding carboxylic acids is 1. The molecule has 6 heteroatoms. The van der Waals surface area contributed by atoms with Crippen molar-refractivity contribution in [2.45, 2.75) is 13.1 Å². The number of thiol groups is 1. The van der Waals surface area contributed by atoms with Crippen LogP contribution in [0.25, 0.3) is 0 Å². The first kappa shape index (κ1) is 10.2. The monoisotopic (exact) mass is 212 g/mol. The topological polar surface area (TPSA) is 26.3 Å². The zero-order chi connectivity index (χ0) is 10.1. The Morgan fingerprint density at radius 1 is 1.54 bits per heavy atom. The highest BCUT2D eigenvalue weighted by molar-refractivity contribution is 8.18. The van der Waals surface area contributed by atoms with Crippen molar-refractivity contribution in [1.29, 1.82) is 0 Å². The van der Waals surface area contributed by atoms with Crippen LogP contribution in [0.2, 0.25) is 0 Å². The summed E-state index contributed by atoms with van der Waals surface area (Å²) in [5.74, 6) is -0.574. The Morgan fingerprint density at radius 2 is 2.15 bits per heavy atom. The van der Waals surface area contributed by atoms with Gasteiger partial charge in [-0.05, 0) is 11.5 Å². The number of halogens is 3. The normalized spacial score (nSPS) is 24.3. The van der Waals surface area contributed by atoms with E-state index in [2.05, 4.69) is 4.18 Å². The molecule has 1 aliphatic rings. The second-order valence-corrected chi connectivity index (χ2v) is 3.80. The Balaban J connectivity index is 2.66. The molecule has 0 amide bonds. The van der Waals surface area contributed by atoms with Gasteiger partial charge in [0.2, 0.25) is 0 Å². The highest BCUT2D eigenvalue weighted by Crippen LogP contribution is 2.42. The first-order valence-electron chi connectivity index (χ1n) is 3.33. The third-order valence-electron chi connectivity index (χ3n) is 1.23. The highest BCUT2D eigenvalue weighted by Gasteiger charge is 2.34. The van der Waals surface area contributed by atoms with Gasteiger partial charge in [-0.25, -0.2) is 0 Å². The highest BCUT2D eigenvalue weighted by atomic mass is 32.2. The van der Waals surface area contributed by atoms with E-state index in [0.29, 0.717) is 0 Å². The Hall–Kier alpha value is -0.910. The molecule has 0 N–H and O–H groups in total. The van der Waals surface area contributed by atoms with E-state index >= 15 is 0 Å². The molecule has 1 rings (SSSR count). The Labute approximate surface area is 75.6 Å². The molecular formula is C7H7F3O2S. The van der Waals surface area contributed by atoms with Gasteiger partial charge in [-0.3, -0.25) is 4.79 Å². The van der Waals surface area contributed by atoms with Crippen LogP contribution < -0.4 is 0 Å². The second-order valence-electron chi connectivity index (χ2n) is 2.34. The fourth-order valence-corrected chi connectivity index (χ4v) is 2.06. The lowest BCUT2D eigenvalue weighted by Crippen LogP contribution is -2.08. The van der Waals surface area contributed by atoms with Crippen LogP contribution in [0.15, 0.2) is 22.5 Å². The van der Waals surface area contributed by atoms with Crippen LogP contribution in [-0.4, -0.2) is 12.1 Å². The standard InChI is InChI=1S/C7H7F3O2S/c1-5(11)12-13-3-2-6(4-13)7(8,9)10/h2-4,13H,1H3. The summed E-state index contributed by atoms with van der Waals surface area (Å²) in [5, 5.41) is 2.18. The summed E-state index contributed by atoms with van der Waals surface area (Å²) in [5.41, 5.74) is -0.750. The third-order valence-corrected chi connectivity index (χ3v) is 2.67. The summed E-state index contributed by atoms with van der Waals surface area (Å²) in [6.07, 6.45) is -3.43. The smallest absolute Gasteiger partial charge is 0.411 e. The van der Waals surface area contributed by atoms with Gasteiger partial charge in [0.15, 0.2) is 0 Å².